The van der Waals surface area contributed by atoms with Gasteiger partial charge in [-0.2, -0.15) is 0 Å². The van der Waals surface area contributed by atoms with Crippen LogP contribution in [-0.2, 0) is 0 Å². The molecule has 0 spiro atoms. The topological polar surface area (TPSA) is 79.9 Å². The average molecular weight is 455 g/mol. The van der Waals surface area contributed by atoms with Crippen molar-refractivity contribution >= 4 is 35.6 Å². The molecule has 0 heterocycles. The molecule has 0 radical (unpaired) electrons. The minimum Gasteiger partial charge on any atom is -0.457 e. The zero-order valence-corrected chi connectivity index (χ0v) is 16.6. The summed E-state index contributed by atoms with van der Waals surface area (Å²) in [6, 6.07) is 17.2. The van der Waals surface area contributed by atoms with Crippen LogP contribution >= 0.6 is 24.0 Å². The number of anilines is 1. The van der Waals surface area contributed by atoms with Gasteiger partial charge in [-0.15, -0.1) is 24.0 Å². The van der Waals surface area contributed by atoms with Gasteiger partial charge in [-0.1, -0.05) is 37.1 Å². The molecular weight excluding hydrogens is 429 g/mol. The van der Waals surface area contributed by atoms with Crippen molar-refractivity contribution < 1.29 is 9.84 Å². The highest BCUT2D eigenvalue weighted by Gasteiger charge is 2.00. The van der Waals surface area contributed by atoms with Crippen LogP contribution in [-0.4, -0.2) is 24.2 Å². The van der Waals surface area contributed by atoms with Crippen molar-refractivity contribution in [3.63, 3.8) is 0 Å². The number of hydrogen-bond donors (Lipinski definition) is 3. The summed E-state index contributed by atoms with van der Waals surface area (Å²) in [5.41, 5.74) is 6.75. The highest BCUT2D eigenvalue weighted by molar-refractivity contribution is 14.0. The third-order valence-corrected chi connectivity index (χ3v) is 3.43. The maximum atomic E-state index is 8.72. The molecule has 6 heteroatoms. The molecule has 0 unspecified atom stereocenters. The second-order valence-electron chi connectivity index (χ2n) is 5.47. The Morgan fingerprint density at radius 3 is 2.44 bits per heavy atom. The van der Waals surface area contributed by atoms with Gasteiger partial charge in [0.05, 0.1) is 0 Å². The summed E-state index contributed by atoms with van der Waals surface area (Å²) in [5.74, 6) is 1.93. The fourth-order valence-corrected chi connectivity index (χ4v) is 2.23. The quantitative estimate of drug-likeness (QED) is 0.227. The maximum absolute atomic E-state index is 8.72. The van der Waals surface area contributed by atoms with E-state index in [0.29, 0.717) is 12.5 Å². The molecule has 0 atom stereocenters. The third-order valence-electron chi connectivity index (χ3n) is 3.43. The molecule has 2 rings (SSSR count). The highest BCUT2D eigenvalue weighted by Crippen LogP contribution is 2.23. The average Bonchev–Trinajstić information content (AvgIpc) is 2.59. The molecule has 0 aliphatic heterocycles. The Labute approximate surface area is 166 Å². The fourth-order valence-electron chi connectivity index (χ4n) is 2.23. The molecule has 0 saturated carbocycles. The number of nitrogens with zero attached hydrogens (tertiary/aromatic N) is 1. The lowest BCUT2D eigenvalue weighted by atomic mass is 10.2. The minimum absolute atomic E-state index is 0. The molecule has 25 heavy (non-hydrogen) atoms. The molecule has 2 aromatic rings. The van der Waals surface area contributed by atoms with Crippen molar-refractivity contribution in [1.82, 2.24) is 0 Å². The standard InChI is InChI=1S/C19H25N3O2.HI/c20-19(21-13-6-1-2-7-14-23)22-16-9-8-12-18(15-16)24-17-10-4-3-5-11-17;/h3-5,8-12,15,23H,1-2,6-7,13-14H2,(H3,20,21,22);1H. The van der Waals surface area contributed by atoms with Gasteiger partial charge in [-0.3, -0.25) is 4.99 Å². The summed E-state index contributed by atoms with van der Waals surface area (Å²) in [7, 11) is 0. The van der Waals surface area contributed by atoms with Crippen molar-refractivity contribution in [2.75, 3.05) is 18.5 Å². The number of rotatable bonds is 9. The van der Waals surface area contributed by atoms with Gasteiger partial charge in [0.25, 0.3) is 0 Å². The molecule has 4 N–H and O–H groups in total. The van der Waals surface area contributed by atoms with Crippen LogP contribution in [0.3, 0.4) is 0 Å². The molecule has 0 bridgehead atoms. The van der Waals surface area contributed by atoms with Crippen LogP contribution in [0.15, 0.2) is 59.6 Å². The summed E-state index contributed by atoms with van der Waals surface area (Å²) < 4.78 is 5.80. The molecule has 136 valence electrons. The van der Waals surface area contributed by atoms with Crippen molar-refractivity contribution in [1.29, 1.82) is 0 Å². The van der Waals surface area contributed by atoms with Crippen LogP contribution in [0.4, 0.5) is 5.69 Å². The number of guanidine groups is 1. The number of halogens is 1. The van der Waals surface area contributed by atoms with E-state index in [1.807, 2.05) is 54.6 Å². The molecule has 2 aromatic carbocycles. The van der Waals surface area contributed by atoms with E-state index in [1.54, 1.807) is 0 Å². The number of benzene rings is 2. The van der Waals surface area contributed by atoms with E-state index in [1.165, 1.54) is 0 Å². The summed E-state index contributed by atoms with van der Waals surface area (Å²) in [6.07, 6.45) is 3.90. The van der Waals surface area contributed by atoms with Crippen LogP contribution < -0.4 is 15.8 Å². The summed E-state index contributed by atoms with van der Waals surface area (Å²) in [6.45, 7) is 0.943. The van der Waals surface area contributed by atoms with Crippen LogP contribution in [0.5, 0.6) is 11.5 Å². The van der Waals surface area contributed by atoms with Gasteiger partial charge in [0, 0.05) is 24.9 Å². The number of nitrogens with one attached hydrogen (secondary N) is 1. The first-order valence-corrected chi connectivity index (χ1v) is 8.29. The Kier molecular flexibility index (Phi) is 10.7. The van der Waals surface area contributed by atoms with Gasteiger partial charge in [-0.25, -0.2) is 0 Å². The number of unbranched alkanes of at least 4 members (excludes halogenated alkanes) is 3. The normalized spacial score (nSPS) is 10.8. The summed E-state index contributed by atoms with van der Waals surface area (Å²) >= 11 is 0. The van der Waals surface area contributed by atoms with E-state index in [2.05, 4.69) is 10.3 Å². The van der Waals surface area contributed by atoms with Crippen LogP contribution in [0.2, 0.25) is 0 Å². The number of aliphatic imine (C=N–C) groups is 1. The van der Waals surface area contributed by atoms with Gasteiger partial charge >= 0.3 is 0 Å². The van der Waals surface area contributed by atoms with Crippen molar-refractivity contribution in [3.8, 4) is 11.5 Å². The minimum atomic E-state index is 0. The smallest absolute Gasteiger partial charge is 0.193 e. The molecule has 0 fully saturated rings. The molecular formula is C19H26IN3O2. The third kappa shape index (κ3) is 8.74. The van der Waals surface area contributed by atoms with Crippen LogP contribution in [0.25, 0.3) is 0 Å². The molecule has 5 nitrogen and oxygen atoms in total. The van der Waals surface area contributed by atoms with E-state index in [9.17, 15) is 0 Å². The van der Waals surface area contributed by atoms with Crippen molar-refractivity contribution in [3.05, 3.63) is 54.6 Å². The monoisotopic (exact) mass is 455 g/mol. The first kappa shape index (κ1) is 21.2. The summed E-state index contributed by atoms with van der Waals surface area (Å²) in [5, 5.41) is 11.8. The van der Waals surface area contributed by atoms with E-state index in [-0.39, 0.29) is 30.6 Å². The molecule has 0 aliphatic carbocycles. The first-order chi connectivity index (χ1) is 11.8. The van der Waals surface area contributed by atoms with Crippen LogP contribution in [0.1, 0.15) is 25.7 Å². The van der Waals surface area contributed by atoms with Gasteiger partial charge in [0.2, 0.25) is 0 Å². The number of ether oxygens (including phenoxy) is 1. The number of hydrogen-bond acceptors (Lipinski definition) is 3. The van der Waals surface area contributed by atoms with E-state index in [4.69, 9.17) is 15.6 Å². The predicted molar refractivity (Wildman–Crippen MR) is 114 cm³/mol. The predicted octanol–water partition coefficient (Wildman–Crippen LogP) is 4.38. The van der Waals surface area contributed by atoms with Crippen molar-refractivity contribution in [2.45, 2.75) is 25.7 Å². The lowest BCUT2D eigenvalue weighted by Gasteiger charge is -2.09. The van der Waals surface area contributed by atoms with Gasteiger partial charge < -0.3 is 20.9 Å². The Morgan fingerprint density at radius 2 is 1.68 bits per heavy atom. The molecule has 0 saturated heterocycles. The Hall–Kier alpha value is -1.80. The second kappa shape index (κ2) is 12.5. The first-order valence-electron chi connectivity index (χ1n) is 8.29. The highest BCUT2D eigenvalue weighted by atomic mass is 127. The van der Waals surface area contributed by atoms with E-state index < -0.39 is 0 Å². The second-order valence-corrected chi connectivity index (χ2v) is 5.47. The van der Waals surface area contributed by atoms with Gasteiger partial charge in [-0.05, 0) is 37.1 Å². The van der Waals surface area contributed by atoms with Crippen molar-refractivity contribution in [2.24, 2.45) is 10.7 Å². The lowest BCUT2D eigenvalue weighted by Crippen LogP contribution is -2.22. The zero-order chi connectivity index (χ0) is 17.0. The Bertz CT molecular complexity index is 636. The van der Waals surface area contributed by atoms with Gasteiger partial charge in [0.1, 0.15) is 11.5 Å². The van der Waals surface area contributed by atoms with Gasteiger partial charge in [0.15, 0.2) is 5.96 Å². The SMILES string of the molecule is I.NC(=NCCCCCCO)Nc1cccc(Oc2ccccc2)c1. The summed E-state index contributed by atoms with van der Waals surface area (Å²) in [4.78, 5) is 4.31. The zero-order valence-electron chi connectivity index (χ0n) is 14.2. The van der Waals surface area contributed by atoms with Crippen LogP contribution in [0, 0.1) is 0 Å². The maximum Gasteiger partial charge on any atom is 0.193 e. The van der Waals surface area contributed by atoms with E-state index >= 15 is 0 Å². The molecule has 0 aliphatic rings. The fraction of sp³-hybridized carbons (Fsp3) is 0.316. The lowest BCUT2D eigenvalue weighted by molar-refractivity contribution is 0.282. The number of nitrogens with two attached hydrogens (primary N) is 1. The largest absolute Gasteiger partial charge is 0.457 e. The Balaban J connectivity index is 0.00000312. The Morgan fingerprint density at radius 1 is 0.960 bits per heavy atom. The molecule has 0 aromatic heterocycles. The van der Waals surface area contributed by atoms with E-state index in [0.717, 1.165) is 42.9 Å². The number of para-hydroxylation sites is 1. The number of aliphatic hydroxyl groups excluding tert-OH is 1. The number of aliphatic hydroxyl groups is 1. The molecule has 0 amide bonds.